The molecule has 0 spiro atoms. The lowest BCUT2D eigenvalue weighted by atomic mass is 9.86. The van der Waals surface area contributed by atoms with Crippen molar-refractivity contribution in [3.63, 3.8) is 0 Å². The molecule has 0 bridgehead atoms. The molecule has 0 aromatic rings. The Balaban J connectivity index is 2.02. The lowest BCUT2D eigenvalue weighted by Crippen LogP contribution is -2.28. The van der Waals surface area contributed by atoms with Crippen LogP contribution in [0.15, 0.2) is 0 Å². The first-order chi connectivity index (χ1) is 8.22. The van der Waals surface area contributed by atoms with E-state index in [1.807, 2.05) is 0 Å². The number of alkyl carbamates (subject to hydrolysis) is 1. The monoisotopic (exact) mass is 241 g/mol. The van der Waals surface area contributed by atoms with Crippen molar-refractivity contribution in [2.45, 2.75) is 51.9 Å². The molecule has 1 amide bonds. The fourth-order valence-electron chi connectivity index (χ4n) is 2.10. The van der Waals surface area contributed by atoms with Gasteiger partial charge in [-0.05, 0) is 31.6 Å². The van der Waals surface area contributed by atoms with Crippen LogP contribution in [0.3, 0.4) is 0 Å². The second kappa shape index (κ2) is 8.09. The number of hydrogen-bond acceptors (Lipinski definition) is 3. The maximum Gasteiger partial charge on any atom is 0.407 e. The lowest BCUT2D eigenvalue weighted by Gasteiger charge is -2.20. The third-order valence-electron chi connectivity index (χ3n) is 3.14. The summed E-state index contributed by atoms with van der Waals surface area (Å²) in [6.45, 7) is 3.16. The molecule has 98 valence electrons. The van der Waals surface area contributed by atoms with Gasteiger partial charge in [0.1, 0.15) is 5.78 Å². The zero-order valence-corrected chi connectivity index (χ0v) is 10.7. The second-order valence-electron chi connectivity index (χ2n) is 4.71. The van der Waals surface area contributed by atoms with Crippen LogP contribution in [0, 0.1) is 5.92 Å². The second-order valence-corrected chi connectivity index (χ2v) is 4.71. The van der Waals surface area contributed by atoms with Gasteiger partial charge in [-0.1, -0.05) is 13.3 Å². The SMILES string of the molecule is CCCCOC(=O)NCCC1CCCC(=O)C1. The Bertz CT molecular complexity index is 253. The van der Waals surface area contributed by atoms with E-state index in [9.17, 15) is 9.59 Å². The molecule has 1 saturated carbocycles. The summed E-state index contributed by atoms with van der Waals surface area (Å²) in [4.78, 5) is 22.5. The topological polar surface area (TPSA) is 55.4 Å². The standard InChI is InChI=1S/C13H23NO3/c1-2-3-9-17-13(16)14-8-7-11-5-4-6-12(15)10-11/h11H,2-10H2,1H3,(H,14,16). The molecule has 1 aliphatic rings. The van der Waals surface area contributed by atoms with Crippen molar-refractivity contribution in [2.75, 3.05) is 13.2 Å². The summed E-state index contributed by atoms with van der Waals surface area (Å²) in [6, 6.07) is 0. The Kier molecular flexibility index (Phi) is 6.67. The number of Topliss-reactive ketones (excluding diaryl/α,β-unsaturated/α-hetero) is 1. The van der Waals surface area contributed by atoms with E-state index in [0.717, 1.165) is 38.5 Å². The number of carbonyl (C=O) groups excluding carboxylic acids is 2. The van der Waals surface area contributed by atoms with Gasteiger partial charge < -0.3 is 10.1 Å². The van der Waals surface area contributed by atoms with E-state index in [1.54, 1.807) is 0 Å². The summed E-state index contributed by atoms with van der Waals surface area (Å²) in [5.41, 5.74) is 0. The predicted molar refractivity (Wildman–Crippen MR) is 65.8 cm³/mol. The van der Waals surface area contributed by atoms with Crippen LogP contribution in [0.2, 0.25) is 0 Å². The van der Waals surface area contributed by atoms with Crippen molar-refractivity contribution in [3.05, 3.63) is 0 Å². The number of amides is 1. The minimum Gasteiger partial charge on any atom is -0.450 e. The molecule has 4 heteroatoms. The molecule has 0 aromatic heterocycles. The molecular weight excluding hydrogens is 218 g/mol. The van der Waals surface area contributed by atoms with E-state index in [0.29, 0.717) is 31.3 Å². The van der Waals surface area contributed by atoms with Gasteiger partial charge in [-0.15, -0.1) is 0 Å². The van der Waals surface area contributed by atoms with Crippen molar-refractivity contribution in [1.82, 2.24) is 5.32 Å². The first-order valence-electron chi connectivity index (χ1n) is 6.64. The largest absolute Gasteiger partial charge is 0.450 e. The van der Waals surface area contributed by atoms with E-state index in [1.165, 1.54) is 0 Å². The third kappa shape index (κ3) is 6.29. The van der Waals surface area contributed by atoms with E-state index >= 15 is 0 Å². The van der Waals surface area contributed by atoms with Gasteiger partial charge >= 0.3 is 6.09 Å². The normalized spacial score (nSPS) is 20.1. The van der Waals surface area contributed by atoms with E-state index in [2.05, 4.69) is 12.2 Å². The molecule has 17 heavy (non-hydrogen) atoms. The molecule has 4 nitrogen and oxygen atoms in total. The highest BCUT2D eigenvalue weighted by Gasteiger charge is 2.19. The Morgan fingerprint density at radius 2 is 2.35 bits per heavy atom. The molecule has 0 radical (unpaired) electrons. The van der Waals surface area contributed by atoms with Crippen LogP contribution in [0.25, 0.3) is 0 Å². The number of unbranched alkanes of at least 4 members (excludes halogenated alkanes) is 1. The summed E-state index contributed by atoms with van der Waals surface area (Å²) in [7, 11) is 0. The lowest BCUT2D eigenvalue weighted by molar-refractivity contribution is -0.121. The summed E-state index contributed by atoms with van der Waals surface area (Å²) in [5.74, 6) is 0.818. The van der Waals surface area contributed by atoms with Crippen molar-refractivity contribution in [1.29, 1.82) is 0 Å². The maximum absolute atomic E-state index is 11.2. The molecule has 0 saturated heterocycles. The Morgan fingerprint density at radius 3 is 3.06 bits per heavy atom. The first-order valence-corrected chi connectivity index (χ1v) is 6.64. The number of ether oxygens (including phenoxy) is 1. The van der Waals surface area contributed by atoms with Gasteiger partial charge in [0.2, 0.25) is 0 Å². The summed E-state index contributed by atoms with van der Waals surface area (Å²) in [6.07, 6.45) is 6.02. The van der Waals surface area contributed by atoms with Gasteiger partial charge in [-0.3, -0.25) is 4.79 Å². The first kappa shape index (κ1) is 14.0. The number of nitrogens with one attached hydrogen (secondary N) is 1. The molecule has 1 rings (SSSR count). The summed E-state index contributed by atoms with van der Waals surface area (Å²) >= 11 is 0. The number of hydrogen-bond donors (Lipinski definition) is 1. The molecule has 1 unspecified atom stereocenters. The van der Waals surface area contributed by atoms with Gasteiger partial charge in [0, 0.05) is 19.4 Å². The van der Waals surface area contributed by atoms with E-state index in [-0.39, 0.29) is 6.09 Å². The molecule has 1 fully saturated rings. The quantitative estimate of drug-likeness (QED) is 0.727. The van der Waals surface area contributed by atoms with Gasteiger partial charge in [-0.25, -0.2) is 4.79 Å². The van der Waals surface area contributed by atoms with Crippen LogP contribution >= 0.6 is 0 Å². The van der Waals surface area contributed by atoms with Crippen LogP contribution in [-0.2, 0) is 9.53 Å². The highest BCUT2D eigenvalue weighted by molar-refractivity contribution is 5.79. The Labute approximate surface area is 103 Å². The Morgan fingerprint density at radius 1 is 1.53 bits per heavy atom. The van der Waals surface area contributed by atoms with Crippen LogP contribution in [0.5, 0.6) is 0 Å². The maximum atomic E-state index is 11.2. The molecule has 0 aromatic carbocycles. The molecule has 1 aliphatic carbocycles. The minimum atomic E-state index is -0.333. The average Bonchev–Trinajstić information content (AvgIpc) is 2.29. The molecular formula is C13H23NO3. The van der Waals surface area contributed by atoms with Gasteiger partial charge in [0.05, 0.1) is 6.61 Å². The van der Waals surface area contributed by atoms with Crippen molar-refractivity contribution >= 4 is 11.9 Å². The van der Waals surface area contributed by atoms with Crippen LogP contribution in [0.4, 0.5) is 4.79 Å². The van der Waals surface area contributed by atoms with Crippen LogP contribution in [0.1, 0.15) is 51.9 Å². The van der Waals surface area contributed by atoms with Gasteiger partial charge in [0.15, 0.2) is 0 Å². The van der Waals surface area contributed by atoms with Crippen LogP contribution < -0.4 is 5.32 Å². The fourth-order valence-corrected chi connectivity index (χ4v) is 2.10. The fraction of sp³-hybridized carbons (Fsp3) is 0.846. The van der Waals surface area contributed by atoms with Gasteiger partial charge in [0.25, 0.3) is 0 Å². The molecule has 0 heterocycles. The van der Waals surface area contributed by atoms with Gasteiger partial charge in [-0.2, -0.15) is 0 Å². The summed E-state index contributed by atoms with van der Waals surface area (Å²) in [5, 5.41) is 2.73. The smallest absolute Gasteiger partial charge is 0.407 e. The third-order valence-corrected chi connectivity index (χ3v) is 3.14. The molecule has 1 N–H and O–H groups in total. The van der Waals surface area contributed by atoms with Crippen molar-refractivity contribution in [2.24, 2.45) is 5.92 Å². The number of ketones is 1. The minimum absolute atomic E-state index is 0.333. The zero-order valence-electron chi connectivity index (χ0n) is 10.7. The molecule has 1 atom stereocenters. The highest BCUT2D eigenvalue weighted by atomic mass is 16.5. The predicted octanol–water partition coefficient (Wildman–Crippen LogP) is 2.66. The number of carbonyl (C=O) groups is 2. The van der Waals surface area contributed by atoms with E-state index in [4.69, 9.17) is 4.74 Å². The Hall–Kier alpha value is -1.06. The van der Waals surface area contributed by atoms with Crippen molar-refractivity contribution < 1.29 is 14.3 Å². The van der Waals surface area contributed by atoms with Crippen LogP contribution in [-0.4, -0.2) is 25.0 Å². The molecule has 0 aliphatic heterocycles. The highest BCUT2D eigenvalue weighted by Crippen LogP contribution is 2.23. The average molecular weight is 241 g/mol. The number of rotatable bonds is 6. The zero-order chi connectivity index (χ0) is 12.5. The summed E-state index contributed by atoms with van der Waals surface area (Å²) < 4.78 is 4.98. The van der Waals surface area contributed by atoms with E-state index < -0.39 is 0 Å². The van der Waals surface area contributed by atoms with Crippen molar-refractivity contribution in [3.8, 4) is 0 Å².